The van der Waals surface area contributed by atoms with Gasteiger partial charge in [-0.25, -0.2) is 0 Å². The van der Waals surface area contributed by atoms with Crippen LogP contribution in [0.15, 0.2) is 30.3 Å². The molecule has 0 aliphatic heterocycles. The Morgan fingerprint density at radius 3 is 2.56 bits per heavy atom. The number of aliphatic hydroxyl groups excluding tert-OH is 1. The van der Waals surface area contributed by atoms with Gasteiger partial charge in [-0.1, -0.05) is 42.5 Å². The van der Waals surface area contributed by atoms with Gasteiger partial charge < -0.3 is 5.11 Å². The first-order valence-corrected chi connectivity index (χ1v) is 6.82. The zero-order chi connectivity index (χ0) is 13.4. The normalized spacial score (nSPS) is 13.6. The number of aliphatic hydroxyl groups is 1. The minimum atomic E-state index is -0.0903. The van der Waals surface area contributed by atoms with E-state index in [4.69, 9.17) is 22.6 Å². The molecule has 0 saturated carbocycles. The summed E-state index contributed by atoms with van der Waals surface area (Å²) < 4.78 is 0.616. The van der Waals surface area contributed by atoms with Crippen molar-refractivity contribution < 1.29 is 5.11 Å². The number of hydrogen-bond acceptors (Lipinski definition) is 3. The quantitative estimate of drug-likeness (QED) is 0.594. The van der Waals surface area contributed by atoms with Crippen LogP contribution in [0.3, 0.4) is 0 Å². The SMILES string of the molecule is N#CC(CCCO)CC(C(=S)S)c1ccccc1. The van der Waals surface area contributed by atoms with Crippen LogP contribution in [0, 0.1) is 17.2 Å². The fourth-order valence-corrected chi connectivity index (χ4v) is 2.41. The van der Waals surface area contributed by atoms with E-state index in [-0.39, 0.29) is 18.4 Å². The molecule has 0 aliphatic rings. The molecule has 96 valence electrons. The van der Waals surface area contributed by atoms with Gasteiger partial charge in [0.05, 0.1) is 10.3 Å². The Hall–Kier alpha value is -0.890. The Morgan fingerprint density at radius 1 is 1.39 bits per heavy atom. The van der Waals surface area contributed by atoms with E-state index in [1.165, 1.54) is 0 Å². The van der Waals surface area contributed by atoms with Crippen LogP contribution >= 0.6 is 24.8 Å². The van der Waals surface area contributed by atoms with E-state index >= 15 is 0 Å². The molecule has 2 nitrogen and oxygen atoms in total. The van der Waals surface area contributed by atoms with Gasteiger partial charge in [0.25, 0.3) is 0 Å². The molecule has 0 spiro atoms. The summed E-state index contributed by atoms with van der Waals surface area (Å²) in [6.07, 6.45) is 2.02. The molecular formula is C14H17NOS2. The van der Waals surface area contributed by atoms with Gasteiger partial charge in [-0.15, -0.1) is 12.6 Å². The largest absolute Gasteiger partial charge is 0.396 e. The van der Waals surface area contributed by atoms with Crippen molar-refractivity contribution in [3.05, 3.63) is 35.9 Å². The molecule has 0 radical (unpaired) electrons. The summed E-state index contributed by atoms with van der Waals surface area (Å²) in [5.74, 6) is -0.0691. The third kappa shape index (κ3) is 4.77. The number of hydrogen-bond donors (Lipinski definition) is 2. The van der Waals surface area contributed by atoms with Gasteiger partial charge in [0.15, 0.2) is 0 Å². The van der Waals surface area contributed by atoms with Crippen molar-refractivity contribution in [2.45, 2.75) is 25.2 Å². The number of thiocarbonyl (C=S) groups is 1. The summed E-state index contributed by atoms with van der Waals surface area (Å²) in [4.78, 5) is 0. The lowest BCUT2D eigenvalue weighted by Gasteiger charge is -2.18. The highest BCUT2D eigenvalue weighted by Gasteiger charge is 2.19. The zero-order valence-electron chi connectivity index (χ0n) is 10.1. The third-order valence-electron chi connectivity index (χ3n) is 2.91. The molecule has 0 aromatic heterocycles. The summed E-state index contributed by atoms with van der Waals surface area (Å²) >= 11 is 9.46. The molecule has 1 N–H and O–H groups in total. The van der Waals surface area contributed by atoms with Gasteiger partial charge in [0, 0.05) is 18.4 Å². The first kappa shape index (κ1) is 15.2. The van der Waals surface area contributed by atoms with E-state index in [0.717, 1.165) is 5.56 Å². The Kier molecular flexibility index (Phi) is 6.96. The second-order valence-corrected chi connectivity index (χ2v) is 5.45. The number of nitriles is 1. The van der Waals surface area contributed by atoms with Gasteiger partial charge in [-0.2, -0.15) is 5.26 Å². The predicted octanol–water partition coefficient (Wildman–Crippen LogP) is 3.33. The van der Waals surface area contributed by atoms with Crippen molar-refractivity contribution >= 4 is 29.0 Å². The first-order valence-electron chi connectivity index (χ1n) is 5.97. The molecule has 1 rings (SSSR count). The molecule has 0 heterocycles. The lowest BCUT2D eigenvalue weighted by atomic mass is 9.88. The number of rotatable bonds is 7. The Morgan fingerprint density at radius 2 is 2.06 bits per heavy atom. The van der Waals surface area contributed by atoms with Gasteiger partial charge in [-0.3, -0.25) is 0 Å². The summed E-state index contributed by atoms with van der Waals surface area (Å²) in [5, 5.41) is 18.0. The standard InChI is InChI=1S/C14H17NOS2/c15-10-11(5-4-8-16)9-13(14(17)18)12-6-2-1-3-7-12/h1-3,6-7,11,13,16H,4-5,8-9H2,(H,17,18). The Balaban J connectivity index is 2.75. The van der Waals surface area contributed by atoms with Crippen LogP contribution in [-0.2, 0) is 0 Å². The lowest BCUT2D eigenvalue weighted by Crippen LogP contribution is -2.11. The van der Waals surface area contributed by atoms with Gasteiger partial charge in [0.2, 0.25) is 0 Å². The number of nitrogens with zero attached hydrogens (tertiary/aromatic N) is 1. The van der Waals surface area contributed by atoms with Gasteiger partial charge >= 0.3 is 0 Å². The number of benzene rings is 1. The molecule has 4 heteroatoms. The minimum absolute atomic E-state index is 0.0212. The average molecular weight is 279 g/mol. The summed E-state index contributed by atoms with van der Waals surface area (Å²) in [6.45, 7) is 0.125. The molecule has 0 aliphatic carbocycles. The van der Waals surface area contributed by atoms with Crippen LogP contribution < -0.4 is 0 Å². The molecule has 2 atom stereocenters. The predicted molar refractivity (Wildman–Crippen MR) is 80.8 cm³/mol. The van der Waals surface area contributed by atoms with Crippen molar-refractivity contribution in [1.29, 1.82) is 5.26 Å². The summed E-state index contributed by atoms with van der Waals surface area (Å²) in [7, 11) is 0. The van der Waals surface area contributed by atoms with E-state index < -0.39 is 0 Å². The highest BCUT2D eigenvalue weighted by atomic mass is 32.1. The highest BCUT2D eigenvalue weighted by Crippen LogP contribution is 2.28. The molecule has 1 aromatic carbocycles. The molecule has 0 amide bonds. The summed E-state index contributed by atoms with van der Waals surface area (Å²) in [5.41, 5.74) is 1.10. The van der Waals surface area contributed by atoms with Crippen LogP contribution in [0.1, 0.15) is 30.7 Å². The molecule has 1 aromatic rings. The molecule has 2 unspecified atom stereocenters. The second-order valence-electron chi connectivity index (χ2n) is 4.23. The third-order valence-corrected chi connectivity index (χ3v) is 3.51. The molecule has 0 bridgehead atoms. The lowest BCUT2D eigenvalue weighted by molar-refractivity contribution is 0.276. The molecular weight excluding hydrogens is 262 g/mol. The first-order chi connectivity index (χ1) is 8.69. The van der Waals surface area contributed by atoms with Crippen LogP contribution in [-0.4, -0.2) is 15.9 Å². The van der Waals surface area contributed by atoms with Crippen LogP contribution in [0.2, 0.25) is 0 Å². The van der Waals surface area contributed by atoms with Crippen LogP contribution in [0.25, 0.3) is 0 Å². The second kappa shape index (κ2) is 8.25. The van der Waals surface area contributed by atoms with E-state index in [1.54, 1.807) is 0 Å². The van der Waals surface area contributed by atoms with Crippen molar-refractivity contribution in [1.82, 2.24) is 0 Å². The topological polar surface area (TPSA) is 44.0 Å². The van der Waals surface area contributed by atoms with Crippen molar-refractivity contribution in [3.63, 3.8) is 0 Å². The minimum Gasteiger partial charge on any atom is -0.396 e. The zero-order valence-corrected chi connectivity index (χ0v) is 11.8. The smallest absolute Gasteiger partial charge is 0.0656 e. The van der Waals surface area contributed by atoms with Crippen molar-refractivity contribution in [3.8, 4) is 6.07 Å². The van der Waals surface area contributed by atoms with Gasteiger partial charge in [-0.05, 0) is 24.8 Å². The maximum atomic E-state index is 9.13. The highest BCUT2D eigenvalue weighted by molar-refractivity contribution is 8.11. The fraction of sp³-hybridized carbons (Fsp3) is 0.429. The van der Waals surface area contributed by atoms with E-state index in [1.807, 2.05) is 30.3 Å². The molecule has 18 heavy (non-hydrogen) atoms. The van der Waals surface area contributed by atoms with E-state index in [2.05, 4.69) is 18.7 Å². The van der Waals surface area contributed by atoms with Crippen LogP contribution in [0.5, 0.6) is 0 Å². The fourth-order valence-electron chi connectivity index (χ4n) is 1.92. The summed E-state index contributed by atoms with van der Waals surface area (Å²) in [6, 6.07) is 12.2. The maximum Gasteiger partial charge on any atom is 0.0656 e. The molecule has 0 saturated heterocycles. The Bertz CT molecular complexity index is 414. The number of thiol groups is 1. The Labute approximate surface area is 119 Å². The van der Waals surface area contributed by atoms with Crippen LogP contribution in [0.4, 0.5) is 0 Å². The molecule has 0 fully saturated rings. The average Bonchev–Trinajstić information content (AvgIpc) is 2.39. The van der Waals surface area contributed by atoms with Gasteiger partial charge in [0.1, 0.15) is 0 Å². The maximum absolute atomic E-state index is 9.13. The monoisotopic (exact) mass is 279 g/mol. The van der Waals surface area contributed by atoms with E-state index in [0.29, 0.717) is 23.5 Å². The van der Waals surface area contributed by atoms with Crippen molar-refractivity contribution in [2.75, 3.05) is 6.61 Å². The van der Waals surface area contributed by atoms with E-state index in [9.17, 15) is 0 Å². The van der Waals surface area contributed by atoms with Crippen molar-refractivity contribution in [2.24, 2.45) is 5.92 Å².